The van der Waals surface area contributed by atoms with Crippen molar-refractivity contribution in [2.75, 3.05) is 0 Å². The summed E-state index contributed by atoms with van der Waals surface area (Å²) in [6.45, 7) is -0.407. The molecular weight excluding hydrogens is 349 g/mol. The Hall–Kier alpha value is -3.22. The summed E-state index contributed by atoms with van der Waals surface area (Å²) in [5.74, 6) is -1.54. The summed E-state index contributed by atoms with van der Waals surface area (Å²) < 4.78 is 43.1. The van der Waals surface area contributed by atoms with Gasteiger partial charge in [-0.05, 0) is 23.8 Å². The van der Waals surface area contributed by atoms with E-state index in [4.69, 9.17) is 4.74 Å². The third kappa shape index (κ3) is 3.42. The number of fused-ring (bicyclic) bond motifs is 1. The van der Waals surface area contributed by atoms with Crippen LogP contribution in [0.4, 0.5) is 13.2 Å². The number of halogens is 3. The number of phenolic OH excluding ortho intramolecular Hbond substituents is 2. The lowest BCUT2D eigenvalue weighted by Crippen LogP contribution is -2.08. The Labute approximate surface area is 146 Å². The van der Waals surface area contributed by atoms with E-state index in [1.807, 2.05) is 0 Å². The van der Waals surface area contributed by atoms with Gasteiger partial charge < -0.3 is 14.9 Å². The maximum atomic E-state index is 12.7. The van der Waals surface area contributed by atoms with Crippen molar-refractivity contribution in [2.24, 2.45) is 0 Å². The molecule has 26 heavy (non-hydrogen) atoms. The van der Waals surface area contributed by atoms with Crippen LogP contribution < -0.4 is 0 Å². The predicted octanol–water partition coefficient (Wildman–Crippen LogP) is 4.63. The van der Waals surface area contributed by atoms with Gasteiger partial charge in [-0.2, -0.15) is 13.2 Å². The molecule has 0 atom stereocenters. The highest BCUT2D eigenvalue weighted by molar-refractivity contribution is 6.03. The van der Waals surface area contributed by atoms with Crippen molar-refractivity contribution in [3.05, 3.63) is 71.3 Å². The second kappa shape index (κ2) is 6.59. The van der Waals surface area contributed by atoms with Gasteiger partial charge in [0.05, 0.1) is 5.56 Å². The van der Waals surface area contributed by atoms with Gasteiger partial charge in [0.1, 0.15) is 23.7 Å². The van der Waals surface area contributed by atoms with E-state index in [2.05, 4.69) is 0 Å². The highest BCUT2D eigenvalue weighted by Gasteiger charge is 2.30. The summed E-state index contributed by atoms with van der Waals surface area (Å²) in [6.07, 6.45) is -4.50. The summed E-state index contributed by atoms with van der Waals surface area (Å²) in [5.41, 5.74) is -0.969. The molecule has 0 amide bonds. The molecule has 2 N–H and O–H groups in total. The van der Waals surface area contributed by atoms with E-state index >= 15 is 0 Å². The van der Waals surface area contributed by atoms with Crippen LogP contribution in [0.1, 0.15) is 21.5 Å². The average molecular weight is 362 g/mol. The summed E-state index contributed by atoms with van der Waals surface area (Å²) in [5, 5.41) is 20.8. The minimum atomic E-state index is -4.50. The van der Waals surface area contributed by atoms with Gasteiger partial charge >= 0.3 is 12.1 Å². The van der Waals surface area contributed by atoms with E-state index in [9.17, 15) is 28.2 Å². The summed E-state index contributed by atoms with van der Waals surface area (Å²) >= 11 is 0. The second-order valence-electron chi connectivity index (χ2n) is 5.61. The molecule has 0 aromatic heterocycles. The maximum Gasteiger partial charge on any atom is 0.416 e. The molecule has 0 bridgehead atoms. The Kier molecular flexibility index (Phi) is 4.46. The highest BCUT2D eigenvalue weighted by Crippen LogP contribution is 2.35. The third-order valence-electron chi connectivity index (χ3n) is 3.84. The van der Waals surface area contributed by atoms with Gasteiger partial charge in [0.2, 0.25) is 0 Å². The van der Waals surface area contributed by atoms with E-state index < -0.39 is 24.3 Å². The lowest BCUT2D eigenvalue weighted by Gasteiger charge is -2.11. The standard InChI is InChI=1S/C19H13F3O4/c20-19(21,22)12-5-3-4-11(8-12)10-26-18(25)15-9-16(23)13-6-1-2-7-14(13)17(15)24/h1-9,23-24H,10H2. The molecule has 0 aliphatic heterocycles. The second-order valence-corrected chi connectivity index (χ2v) is 5.61. The molecule has 3 rings (SSSR count). The summed E-state index contributed by atoms with van der Waals surface area (Å²) in [6, 6.07) is 11.8. The number of phenols is 2. The van der Waals surface area contributed by atoms with Gasteiger partial charge in [0, 0.05) is 10.8 Å². The van der Waals surface area contributed by atoms with Crippen LogP contribution in [0.5, 0.6) is 11.5 Å². The van der Waals surface area contributed by atoms with E-state index in [1.165, 1.54) is 18.2 Å². The molecule has 3 aromatic carbocycles. The largest absolute Gasteiger partial charge is 0.507 e. The average Bonchev–Trinajstić information content (AvgIpc) is 2.62. The molecule has 0 unspecified atom stereocenters. The zero-order chi connectivity index (χ0) is 18.9. The SMILES string of the molecule is O=C(OCc1cccc(C(F)(F)F)c1)c1cc(O)c2ccccc2c1O. The smallest absolute Gasteiger partial charge is 0.416 e. The monoisotopic (exact) mass is 362 g/mol. The molecule has 134 valence electrons. The molecule has 4 nitrogen and oxygen atoms in total. The zero-order valence-electron chi connectivity index (χ0n) is 13.2. The fourth-order valence-electron chi connectivity index (χ4n) is 2.56. The van der Waals surface area contributed by atoms with Crippen molar-refractivity contribution in [2.45, 2.75) is 12.8 Å². The van der Waals surface area contributed by atoms with Crippen LogP contribution in [-0.4, -0.2) is 16.2 Å². The lowest BCUT2D eigenvalue weighted by molar-refractivity contribution is -0.137. The Bertz CT molecular complexity index is 980. The van der Waals surface area contributed by atoms with Crippen LogP contribution in [0.3, 0.4) is 0 Å². The first kappa shape index (κ1) is 17.6. The number of aromatic hydroxyl groups is 2. The number of ether oxygens (including phenoxy) is 1. The number of carbonyl (C=O) groups is 1. The highest BCUT2D eigenvalue weighted by atomic mass is 19.4. The van der Waals surface area contributed by atoms with Crippen molar-refractivity contribution in [3.63, 3.8) is 0 Å². The minimum Gasteiger partial charge on any atom is -0.507 e. The summed E-state index contributed by atoms with van der Waals surface area (Å²) in [4.78, 5) is 12.2. The van der Waals surface area contributed by atoms with Crippen LogP contribution in [0.2, 0.25) is 0 Å². The Balaban J connectivity index is 1.83. The number of alkyl halides is 3. The number of hydrogen-bond donors (Lipinski definition) is 2. The first-order valence-electron chi connectivity index (χ1n) is 7.54. The van der Waals surface area contributed by atoms with Gasteiger partial charge in [-0.15, -0.1) is 0 Å². The molecule has 0 aliphatic rings. The number of benzene rings is 3. The molecule has 0 heterocycles. The van der Waals surface area contributed by atoms with Crippen molar-refractivity contribution in [3.8, 4) is 11.5 Å². The van der Waals surface area contributed by atoms with Crippen LogP contribution in [0.15, 0.2) is 54.6 Å². The van der Waals surface area contributed by atoms with Crippen molar-refractivity contribution in [1.29, 1.82) is 0 Å². The molecule has 0 saturated carbocycles. The minimum absolute atomic E-state index is 0.151. The third-order valence-corrected chi connectivity index (χ3v) is 3.84. The van der Waals surface area contributed by atoms with E-state index in [0.29, 0.717) is 5.39 Å². The van der Waals surface area contributed by atoms with Gasteiger partial charge in [0.25, 0.3) is 0 Å². The van der Waals surface area contributed by atoms with Gasteiger partial charge in [-0.25, -0.2) is 4.79 Å². The molecule has 0 saturated heterocycles. The number of esters is 1. The molecule has 3 aromatic rings. The Morgan fingerprint density at radius 2 is 1.65 bits per heavy atom. The van der Waals surface area contributed by atoms with Gasteiger partial charge in [-0.3, -0.25) is 0 Å². The first-order valence-corrected chi connectivity index (χ1v) is 7.54. The fourth-order valence-corrected chi connectivity index (χ4v) is 2.56. The predicted molar refractivity (Wildman–Crippen MR) is 87.8 cm³/mol. The molecule has 0 spiro atoms. The van der Waals surface area contributed by atoms with Crippen molar-refractivity contribution in [1.82, 2.24) is 0 Å². The molecule has 0 fully saturated rings. The first-order chi connectivity index (χ1) is 12.3. The number of hydrogen-bond acceptors (Lipinski definition) is 4. The van der Waals surface area contributed by atoms with Crippen LogP contribution in [0, 0.1) is 0 Å². The van der Waals surface area contributed by atoms with E-state index in [1.54, 1.807) is 18.2 Å². The molecular formula is C19H13F3O4. The number of carbonyl (C=O) groups excluding carboxylic acids is 1. The van der Waals surface area contributed by atoms with Crippen LogP contribution in [0.25, 0.3) is 10.8 Å². The molecule has 7 heteroatoms. The van der Waals surface area contributed by atoms with Crippen molar-refractivity contribution < 1.29 is 32.9 Å². The molecule has 0 radical (unpaired) electrons. The van der Waals surface area contributed by atoms with Crippen molar-refractivity contribution >= 4 is 16.7 Å². The number of rotatable bonds is 3. The quantitative estimate of drug-likeness (QED) is 0.527. The Morgan fingerprint density at radius 3 is 2.35 bits per heavy atom. The molecule has 0 aliphatic carbocycles. The lowest BCUT2D eigenvalue weighted by atomic mass is 10.0. The van der Waals surface area contributed by atoms with E-state index in [0.717, 1.165) is 18.2 Å². The Morgan fingerprint density at radius 1 is 0.962 bits per heavy atom. The van der Waals surface area contributed by atoms with Gasteiger partial charge in [0.15, 0.2) is 0 Å². The van der Waals surface area contributed by atoms with E-state index in [-0.39, 0.29) is 28.0 Å². The van der Waals surface area contributed by atoms with Crippen LogP contribution >= 0.6 is 0 Å². The summed E-state index contributed by atoms with van der Waals surface area (Å²) in [7, 11) is 0. The zero-order valence-corrected chi connectivity index (χ0v) is 13.2. The van der Waals surface area contributed by atoms with Crippen LogP contribution in [-0.2, 0) is 17.5 Å². The topological polar surface area (TPSA) is 66.8 Å². The maximum absolute atomic E-state index is 12.7. The normalized spacial score (nSPS) is 11.5. The van der Waals surface area contributed by atoms with Gasteiger partial charge in [-0.1, -0.05) is 36.4 Å². The fraction of sp³-hybridized carbons (Fsp3) is 0.105.